The van der Waals surface area contributed by atoms with E-state index in [0.29, 0.717) is 12.8 Å². The van der Waals surface area contributed by atoms with Crippen molar-refractivity contribution in [3.8, 4) is 0 Å². The van der Waals surface area contributed by atoms with Crippen LogP contribution in [0.15, 0.2) is 78.9 Å². The number of amides is 1. The smallest absolute Gasteiger partial charge is 0.269 e. The Morgan fingerprint density at radius 2 is 1.28 bits per heavy atom. The van der Waals surface area contributed by atoms with E-state index in [1.54, 1.807) is 0 Å². The number of aryl methyl sites for hydroxylation is 2. The van der Waals surface area contributed by atoms with Crippen LogP contribution in [-0.4, -0.2) is 18.6 Å². The average molecular weight is 389 g/mol. The Kier molecular flexibility index (Phi) is 6.68. The highest BCUT2D eigenvalue weighted by atomic mass is 16.6. The number of rotatable bonds is 8. The number of carbonyl (C=O) groups is 1. The summed E-state index contributed by atoms with van der Waals surface area (Å²) in [5, 5.41) is 3.51. The molecule has 0 aliphatic rings. The molecule has 0 radical (unpaired) electrons. The maximum Gasteiger partial charge on any atom is 0.269 e. The molecule has 4 heteroatoms. The van der Waals surface area contributed by atoms with Crippen molar-refractivity contribution in [1.82, 2.24) is 5.48 Å². The number of nitrogens with one attached hydrogen (secondary N) is 2. The van der Waals surface area contributed by atoms with Crippen molar-refractivity contribution in [2.45, 2.75) is 32.2 Å². The molecule has 0 saturated carbocycles. The van der Waals surface area contributed by atoms with Gasteiger partial charge in [-0.1, -0.05) is 77.9 Å². The van der Waals surface area contributed by atoms with Gasteiger partial charge in [-0.3, -0.25) is 9.63 Å². The first-order valence-corrected chi connectivity index (χ1v) is 9.78. The third kappa shape index (κ3) is 5.46. The minimum absolute atomic E-state index is 0.204. The van der Waals surface area contributed by atoms with Crippen molar-refractivity contribution in [3.63, 3.8) is 0 Å². The van der Waals surface area contributed by atoms with E-state index in [2.05, 4.69) is 73.2 Å². The van der Waals surface area contributed by atoms with Crippen LogP contribution in [-0.2, 0) is 22.5 Å². The van der Waals surface area contributed by atoms with Crippen LogP contribution in [0, 0.1) is 13.8 Å². The van der Waals surface area contributed by atoms with E-state index >= 15 is 0 Å². The number of anilines is 1. The summed E-state index contributed by atoms with van der Waals surface area (Å²) >= 11 is 0. The molecule has 0 heterocycles. The fraction of sp³-hybridized carbons (Fsp3) is 0.240. The van der Waals surface area contributed by atoms with Crippen LogP contribution < -0.4 is 10.8 Å². The van der Waals surface area contributed by atoms with E-state index in [9.17, 15) is 4.79 Å². The van der Waals surface area contributed by atoms with Crippen LogP contribution in [0.3, 0.4) is 0 Å². The number of benzene rings is 3. The molecule has 2 N–H and O–H groups in total. The standard InChI is InChI=1S/C25H28N2O2/c1-19-9-13-21(14-10-19)17-25(24(28)27-29-3,26-23-7-5-4-6-8-23)18-22-15-11-20(2)12-16-22/h4-16,26H,17-18H2,1-3H3,(H,27,28). The van der Waals surface area contributed by atoms with Crippen LogP contribution in [0.2, 0.25) is 0 Å². The van der Waals surface area contributed by atoms with Crippen molar-refractivity contribution >= 4 is 11.6 Å². The molecule has 0 atom stereocenters. The van der Waals surface area contributed by atoms with Gasteiger partial charge >= 0.3 is 0 Å². The third-order valence-corrected chi connectivity index (χ3v) is 5.04. The SMILES string of the molecule is CONC(=O)C(Cc1ccc(C)cc1)(Cc1ccc(C)cc1)Nc1ccccc1. The van der Waals surface area contributed by atoms with Crippen molar-refractivity contribution in [2.24, 2.45) is 0 Å². The largest absolute Gasteiger partial charge is 0.371 e. The molecule has 0 saturated heterocycles. The fourth-order valence-electron chi connectivity index (χ4n) is 3.47. The van der Waals surface area contributed by atoms with Gasteiger partial charge in [-0.15, -0.1) is 0 Å². The number of hydrogen-bond donors (Lipinski definition) is 2. The lowest BCUT2D eigenvalue weighted by Crippen LogP contribution is -2.55. The number of para-hydroxylation sites is 1. The van der Waals surface area contributed by atoms with E-state index in [1.807, 2.05) is 30.3 Å². The zero-order valence-electron chi connectivity index (χ0n) is 17.2. The first-order chi connectivity index (χ1) is 14.0. The summed E-state index contributed by atoms with van der Waals surface area (Å²) < 4.78 is 0. The Morgan fingerprint density at radius 1 is 0.793 bits per heavy atom. The molecule has 29 heavy (non-hydrogen) atoms. The second kappa shape index (κ2) is 9.39. The molecule has 3 aromatic carbocycles. The van der Waals surface area contributed by atoms with E-state index in [1.165, 1.54) is 18.2 Å². The topological polar surface area (TPSA) is 50.4 Å². The maximum atomic E-state index is 13.3. The monoisotopic (exact) mass is 388 g/mol. The number of hydroxylamine groups is 1. The lowest BCUT2D eigenvalue weighted by molar-refractivity contribution is -0.136. The Labute approximate surface area is 172 Å². The minimum atomic E-state index is -0.915. The lowest BCUT2D eigenvalue weighted by Gasteiger charge is -2.34. The predicted octanol–water partition coefficient (Wildman–Crippen LogP) is 4.62. The summed E-state index contributed by atoms with van der Waals surface area (Å²) in [6.07, 6.45) is 1.04. The summed E-state index contributed by atoms with van der Waals surface area (Å²) in [6.45, 7) is 4.12. The minimum Gasteiger partial charge on any atom is -0.371 e. The zero-order chi connectivity index (χ0) is 20.7. The van der Waals surface area contributed by atoms with E-state index < -0.39 is 5.54 Å². The second-order valence-electron chi connectivity index (χ2n) is 7.53. The van der Waals surface area contributed by atoms with Gasteiger partial charge in [0.2, 0.25) is 0 Å². The van der Waals surface area contributed by atoms with Gasteiger partial charge < -0.3 is 5.32 Å². The molecule has 0 aromatic heterocycles. The van der Waals surface area contributed by atoms with E-state index in [0.717, 1.165) is 16.8 Å². The van der Waals surface area contributed by atoms with Gasteiger partial charge in [-0.25, -0.2) is 5.48 Å². The zero-order valence-corrected chi connectivity index (χ0v) is 17.2. The average Bonchev–Trinajstić information content (AvgIpc) is 2.72. The van der Waals surface area contributed by atoms with Crippen LogP contribution in [0.4, 0.5) is 5.69 Å². The summed E-state index contributed by atoms with van der Waals surface area (Å²) in [5.41, 5.74) is 7.08. The molecule has 0 aliphatic heterocycles. The highest BCUT2D eigenvalue weighted by Gasteiger charge is 2.39. The van der Waals surface area contributed by atoms with Gasteiger partial charge in [0.1, 0.15) is 5.54 Å². The lowest BCUT2D eigenvalue weighted by atomic mass is 9.83. The molecule has 3 aromatic rings. The molecule has 0 fully saturated rings. The van der Waals surface area contributed by atoms with Gasteiger partial charge in [0, 0.05) is 18.5 Å². The highest BCUT2D eigenvalue weighted by molar-refractivity contribution is 5.89. The van der Waals surface area contributed by atoms with E-state index in [4.69, 9.17) is 4.84 Å². The van der Waals surface area contributed by atoms with E-state index in [-0.39, 0.29) is 5.91 Å². The molecule has 0 spiro atoms. The quantitative estimate of drug-likeness (QED) is 0.554. The molecule has 1 amide bonds. The molecular weight excluding hydrogens is 360 g/mol. The molecule has 150 valence electrons. The molecule has 0 bridgehead atoms. The summed E-state index contributed by atoms with van der Waals surface area (Å²) in [5.74, 6) is -0.204. The summed E-state index contributed by atoms with van der Waals surface area (Å²) in [4.78, 5) is 18.3. The second-order valence-corrected chi connectivity index (χ2v) is 7.53. The summed E-state index contributed by atoms with van der Waals surface area (Å²) in [7, 11) is 1.46. The first kappa shape index (κ1) is 20.6. The van der Waals surface area contributed by atoms with Gasteiger partial charge in [0.15, 0.2) is 0 Å². The Hall–Kier alpha value is -3.11. The first-order valence-electron chi connectivity index (χ1n) is 9.78. The van der Waals surface area contributed by atoms with Crippen molar-refractivity contribution in [2.75, 3.05) is 12.4 Å². The molecule has 3 rings (SSSR count). The molecule has 4 nitrogen and oxygen atoms in total. The number of carbonyl (C=O) groups excluding carboxylic acids is 1. The Morgan fingerprint density at radius 3 is 1.72 bits per heavy atom. The van der Waals surface area contributed by atoms with Crippen LogP contribution in [0.1, 0.15) is 22.3 Å². The maximum absolute atomic E-state index is 13.3. The van der Waals surface area contributed by atoms with Crippen LogP contribution in [0.25, 0.3) is 0 Å². The molecule has 0 aliphatic carbocycles. The van der Waals surface area contributed by atoms with Crippen LogP contribution >= 0.6 is 0 Å². The highest BCUT2D eigenvalue weighted by Crippen LogP contribution is 2.26. The predicted molar refractivity (Wildman–Crippen MR) is 118 cm³/mol. The van der Waals surface area contributed by atoms with Crippen LogP contribution in [0.5, 0.6) is 0 Å². The van der Waals surface area contributed by atoms with Crippen molar-refractivity contribution in [3.05, 3.63) is 101 Å². The van der Waals surface area contributed by atoms with Gasteiger partial charge in [-0.05, 0) is 37.1 Å². The summed E-state index contributed by atoms with van der Waals surface area (Å²) in [6, 6.07) is 26.4. The van der Waals surface area contributed by atoms with Gasteiger partial charge in [0.05, 0.1) is 7.11 Å². The van der Waals surface area contributed by atoms with Gasteiger partial charge in [-0.2, -0.15) is 0 Å². The van der Waals surface area contributed by atoms with Crippen molar-refractivity contribution < 1.29 is 9.63 Å². The van der Waals surface area contributed by atoms with Crippen molar-refractivity contribution in [1.29, 1.82) is 0 Å². The Bertz CT molecular complexity index is 872. The fourth-order valence-corrected chi connectivity index (χ4v) is 3.47. The normalized spacial score (nSPS) is 11.1. The third-order valence-electron chi connectivity index (χ3n) is 5.04. The van der Waals surface area contributed by atoms with Gasteiger partial charge in [0.25, 0.3) is 5.91 Å². The molecule has 0 unspecified atom stereocenters. The molecular formula is C25H28N2O2. The Balaban J connectivity index is 2.03. The number of hydrogen-bond acceptors (Lipinski definition) is 3.